The Morgan fingerprint density at radius 3 is 2.15 bits per heavy atom. The quantitative estimate of drug-likeness (QED) is 0.228. The Morgan fingerprint density at radius 1 is 0.949 bits per heavy atom. The van der Waals surface area contributed by atoms with Crippen LogP contribution < -0.4 is 16.0 Å². The Morgan fingerprint density at radius 2 is 1.56 bits per heavy atom. The average molecular weight is 529 g/mol. The molecule has 0 spiro atoms. The summed E-state index contributed by atoms with van der Waals surface area (Å²) in [7, 11) is 0. The minimum atomic E-state index is -1.27. The van der Waals surface area contributed by atoms with Crippen LogP contribution in [0.5, 0.6) is 0 Å². The Kier molecular flexibility index (Phi) is 8.88. The highest BCUT2D eigenvalue weighted by Gasteiger charge is 2.51. The molecule has 2 heterocycles. The van der Waals surface area contributed by atoms with Crippen molar-refractivity contribution in [1.82, 2.24) is 25.8 Å². The number of aromatic nitrogens is 1. The van der Waals surface area contributed by atoms with Crippen LogP contribution in [0.2, 0.25) is 0 Å². The van der Waals surface area contributed by atoms with Gasteiger partial charge in [0.05, 0.1) is 0 Å². The Hall–Kier alpha value is -4.73. The summed E-state index contributed by atoms with van der Waals surface area (Å²) >= 11 is 0. The Balaban J connectivity index is 1.30. The number of hydrogen-bond donors (Lipinski definition) is 5. The second kappa shape index (κ2) is 12.7. The maximum absolute atomic E-state index is 13.8. The minimum absolute atomic E-state index is 0.0553. The zero-order valence-corrected chi connectivity index (χ0v) is 21.5. The summed E-state index contributed by atoms with van der Waals surface area (Å²) < 4.78 is 0. The molecule has 1 saturated heterocycles. The molecule has 1 aliphatic rings. The van der Waals surface area contributed by atoms with Crippen LogP contribution in [-0.2, 0) is 21.5 Å². The van der Waals surface area contributed by atoms with Gasteiger partial charge in [0.15, 0.2) is 11.5 Å². The molecule has 10 heteroatoms. The first-order chi connectivity index (χ1) is 18.9. The van der Waals surface area contributed by atoms with Crippen molar-refractivity contribution in [2.24, 2.45) is 0 Å². The van der Waals surface area contributed by atoms with Gasteiger partial charge in [-0.3, -0.25) is 24.9 Å². The summed E-state index contributed by atoms with van der Waals surface area (Å²) in [4.78, 5) is 43.0. The van der Waals surface area contributed by atoms with Gasteiger partial charge in [0.25, 0.3) is 5.91 Å². The second-order valence-corrected chi connectivity index (χ2v) is 9.33. The lowest BCUT2D eigenvalue weighted by Crippen LogP contribution is -2.47. The Labute approximate surface area is 227 Å². The number of hydrogen-bond acceptors (Lipinski definition) is 5. The molecule has 0 unspecified atom stereocenters. The molecule has 202 valence electrons. The lowest BCUT2D eigenvalue weighted by Gasteiger charge is -2.28. The summed E-state index contributed by atoms with van der Waals surface area (Å²) in [5, 5.41) is 25.9. The first-order valence-corrected chi connectivity index (χ1v) is 12.9. The zero-order valence-electron chi connectivity index (χ0n) is 21.5. The zero-order chi connectivity index (χ0) is 27.7. The van der Waals surface area contributed by atoms with Gasteiger partial charge in [-0.2, -0.15) is 0 Å². The molecule has 3 amide bonds. The molecular formula is C29H32N6O4. The van der Waals surface area contributed by atoms with E-state index in [4.69, 9.17) is 10.5 Å². The molecule has 0 aliphatic carbocycles. The van der Waals surface area contributed by atoms with Crippen LogP contribution in [0.4, 0.5) is 4.79 Å². The number of amides is 3. The van der Waals surface area contributed by atoms with E-state index in [1.807, 2.05) is 60.7 Å². The largest absolute Gasteiger partial charge is 0.465 e. The minimum Gasteiger partial charge on any atom is -0.465 e. The highest BCUT2D eigenvalue weighted by atomic mass is 16.4. The van der Waals surface area contributed by atoms with Crippen LogP contribution in [0.15, 0.2) is 85.2 Å². The van der Waals surface area contributed by atoms with Crippen molar-refractivity contribution in [3.05, 3.63) is 102 Å². The van der Waals surface area contributed by atoms with E-state index in [1.54, 1.807) is 24.5 Å². The smallest absolute Gasteiger partial charge is 0.405 e. The van der Waals surface area contributed by atoms with Gasteiger partial charge < -0.3 is 21.1 Å². The Bertz CT molecular complexity index is 1250. The average Bonchev–Trinajstić information content (AvgIpc) is 3.21. The van der Waals surface area contributed by atoms with Crippen LogP contribution in [-0.4, -0.2) is 58.0 Å². The van der Waals surface area contributed by atoms with E-state index in [2.05, 4.69) is 20.9 Å². The van der Waals surface area contributed by atoms with E-state index < -0.39 is 23.6 Å². The standard InChI is InChI=1S/C29H32N6O4/c30-27-34-29(22-10-4-1-5-11-22,23-12-6-2-7-13-23)26(37)35(27)19-9-3-8-16-32-25(36)24(33-28(38)39)20-21-14-17-31-18-15-21/h1-2,4-7,10-15,17-18,24,33H,3,8-9,16,19-20H2,(H2,30,34)(H,32,36)(H,38,39)/t24-/m0/s1. The normalized spacial score (nSPS) is 14.9. The molecule has 1 aromatic heterocycles. The molecule has 0 bridgehead atoms. The molecule has 0 radical (unpaired) electrons. The first kappa shape index (κ1) is 27.3. The topological polar surface area (TPSA) is 148 Å². The molecule has 3 aromatic rings. The van der Waals surface area contributed by atoms with Crippen LogP contribution >= 0.6 is 0 Å². The predicted molar refractivity (Wildman–Crippen MR) is 146 cm³/mol. The summed E-state index contributed by atoms with van der Waals surface area (Å²) in [5.41, 5.74) is 1.18. The molecule has 0 saturated carbocycles. The number of carbonyl (C=O) groups is 3. The first-order valence-electron chi connectivity index (χ1n) is 12.9. The maximum atomic E-state index is 13.8. The number of nitrogens with zero attached hydrogens (tertiary/aromatic N) is 2. The number of pyridine rings is 1. The maximum Gasteiger partial charge on any atom is 0.405 e. The predicted octanol–water partition coefficient (Wildman–Crippen LogP) is 2.86. The van der Waals surface area contributed by atoms with Gasteiger partial charge in [-0.25, -0.2) is 4.79 Å². The van der Waals surface area contributed by atoms with Crippen molar-refractivity contribution in [3.63, 3.8) is 0 Å². The molecule has 5 N–H and O–H groups in total. The fourth-order valence-corrected chi connectivity index (χ4v) is 4.77. The molecule has 1 fully saturated rings. The fourth-order valence-electron chi connectivity index (χ4n) is 4.77. The van der Waals surface area contributed by atoms with E-state index in [-0.39, 0.29) is 18.3 Å². The second-order valence-electron chi connectivity index (χ2n) is 9.33. The number of benzene rings is 2. The van der Waals surface area contributed by atoms with Gasteiger partial charge >= 0.3 is 6.09 Å². The van der Waals surface area contributed by atoms with Gasteiger partial charge in [-0.1, -0.05) is 60.7 Å². The van der Waals surface area contributed by atoms with Crippen molar-refractivity contribution in [3.8, 4) is 0 Å². The lowest BCUT2D eigenvalue weighted by atomic mass is 9.82. The molecule has 10 nitrogen and oxygen atoms in total. The number of carboxylic acid groups (broad SMARTS) is 1. The number of unbranched alkanes of at least 4 members (excludes halogenated alkanes) is 2. The molecule has 4 rings (SSSR count). The molecule has 1 atom stereocenters. The SMILES string of the molecule is N=C1NC(c2ccccc2)(c2ccccc2)C(=O)N1CCCCCNC(=O)[C@H](Cc1ccncc1)NC(=O)O. The highest BCUT2D eigenvalue weighted by Crippen LogP contribution is 2.35. The number of guanidine groups is 1. The van der Waals surface area contributed by atoms with Crippen molar-refractivity contribution in [1.29, 1.82) is 5.41 Å². The third-order valence-electron chi connectivity index (χ3n) is 6.72. The summed E-state index contributed by atoms with van der Waals surface area (Å²) in [6, 6.07) is 21.4. The monoisotopic (exact) mass is 528 g/mol. The molecule has 39 heavy (non-hydrogen) atoms. The fraction of sp³-hybridized carbons (Fsp3) is 0.276. The summed E-state index contributed by atoms with van der Waals surface area (Å²) in [5.74, 6) is -0.540. The molecule has 2 aromatic carbocycles. The van der Waals surface area contributed by atoms with Crippen LogP contribution in [0.1, 0.15) is 36.0 Å². The van der Waals surface area contributed by atoms with Gasteiger partial charge in [0, 0.05) is 31.9 Å². The van der Waals surface area contributed by atoms with Gasteiger partial charge in [0.2, 0.25) is 5.91 Å². The van der Waals surface area contributed by atoms with E-state index >= 15 is 0 Å². The summed E-state index contributed by atoms with van der Waals surface area (Å²) in [6.07, 6.45) is 4.13. The third kappa shape index (κ3) is 6.40. The number of rotatable bonds is 12. The number of carbonyl (C=O) groups excluding carboxylic acids is 2. The van der Waals surface area contributed by atoms with Crippen LogP contribution in [0, 0.1) is 5.41 Å². The highest BCUT2D eigenvalue weighted by molar-refractivity contribution is 6.10. The van der Waals surface area contributed by atoms with Crippen molar-refractivity contribution >= 4 is 23.9 Å². The number of nitrogens with one attached hydrogen (secondary N) is 4. The van der Waals surface area contributed by atoms with E-state index in [0.29, 0.717) is 32.4 Å². The van der Waals surface area contributed by atoms with Crippen molar-refractivity contribution in [2.75, 3.05) is 13.1 Å². The van der Waals surface area contributed by atoms with E-state index in [9.17, 15) is 14.4 Å². The van der Waals surface area contributed by atoms with Crippen LogP contribution in [0.3, 0.4) is 0 Å². The van der Waals surface area contributed by atoms with Crippen molar-refractivity contribution < 1.29 is 19.5 Å². The lowest BCUT2D eigenvalue weighted by molar-refractivity contribution is -0.130. The van der Waals surface area contributed by atoms with E-state index in [0.717, 1.165) is 16.7 Å². The molecular weight excluding hydrogens is 496 g/mol. The van der Waals surface area contributed by atoms with E-state index in [1.165, 1.54) is 4.90 Å². The van der Waals surface area contributed by atoms with Gasteiger partial charge in [-0.15, -0.1) is 0 Å². The van der Waals surface area contributed by atoms with Gasteiger partial charge in [0.1, 0.15) is 6.04 Å². The van der Waals surface area contributed by atoms with Gasteiger partial charge in [-0.05, 0) is 48.1 Å². The van der Waals surface area contributed by atoms with Crippen molar-refractivity contribution in [2.45, 2.75) is 37.3 Å². The molecule has 1 aliphatic heterocycles. The van der Waals surface area contributed by atoms with Crippen LogP contribution in [0.25, 0.3) is 0 Å². The third-order valence-corrected chi connectivity index (χ3v) is 6.72. The summed E-state index contributed by atoms with van der Waals surface area (Å²) in [6.45, 7) is 0.736.